The Balaban J connectivity index is 1.91. The molecule has 0 saturated carbocycles. The first-order valence-corrected chi connectivity index (χ1v) is 9.79. The SMILES string of the molecule is CC(=O)N1CCCN(C)CCN(C(=O)Cn2cccnc2=O)Cc2ccccc21. The molecule has 0 fully saturated rings. The zero-order valence-electron chi connectivity index (χ0n) is 17.0. The summed E-state index contributed by atoms with van der Waals surface area (Å²) >= 11 is 0. The van der Waals surface area contributed by atoms with Crippen molar-refractivity contribution in [3.8, 4) is 0 Å². The Kier molecular flexibility index (Phi) is 6.77. The number of amides is 2. The van der Waals surface area contributed by atoms with Crippen LogP contribution < -0.4 is 10.6 Å². The summed E-state index contributed by atoms with van der Waals surface area (Å²) in [6.07, 6.45) is 3.83. The van der Waals surface area contributed by atoms with Crippen molar-refractivity contribution in [2.75, 3.05) is 38.1 Å². The van der Waals surface area contributed by atoms with E-state index in [2.05, 4.69) is 9.88 Å². The van der Waals surface area contributed by atoms with Gasteiger partial charge in [-0.1, -0.05) is 18.2 Å². The quantitative estimate of drug-likeness (QED) is 0.754. The standard InChI is InChI=1S/C21H27N5O3/c1-17(27)26-12-6-10-23(2)13-14-24(15-18-7-3-4-8-19(18)26)20(28)16-25-11-5-9-22-21(25)29/h3-5,7-9,11H,6,10,12-16H2,1-2H3. The molecule has 1 aromatic carbocycles. The molecule has 2 heterocycles. The Hall–Kier alpha value is -3.00. The van der Waals surface area contributed by atoms with Crippen LogP contribution in [-0.4, -0.2) is 64.4 Å². The third kappa shape index (κ3) is 5.29. The monoisotopic (exact) mass is 397 g/mol. The van der Waals surface area contributed by atoms with Gasteiger partial charge in [-0.25, -0.2) is 9.78 Å². The number of hydrogen-bond donors (Lipinski definition) is 0. The van der Waals surface area contributed by atoms with Gasteiger partial charge in [-0.15, -0.1) is 0 Å². The number of benzene rings is 1. The molecule has 2 aromatic rings. The van der Waals surface area contributed by atoms with E-state index in [4.69, 9.17) is 0 Å². The van der Waals surface area contributed by atoms with Gasteiger partial charge in [-0.3, -0.25) is 14.2 Å². The van der Waals surface area contributed by atoms with Gasteiger partial charge < -0.3 is 14.7 Å². The van der Waals surface area contributed by atoms with Gasteiger partial charge in [-0.2, -0.15) is 0 Å². The highest BCUT2D eigenvalue weighted by Gasteiger charge is 2.21. The summed E-state index contributed by atoms with van der Waals surface area (Å²) in [5.41, 5.74) is 1.30. The van der Waals surface area contributed by atoms with Gasteiger partial charge in [0.1, 0.15) is 6.54 Å². The molecule has 0 radical (unpaired) electrons. The molecule has 154 valence electrons. The average molecular weight is 397 g/mol. The number of anilines is 1. The van der Waals surface area contributed by atoms with Crippen molar-refractivity contribution in [3.05, 3.63) is 58.8 Å². The maximum atomic E-state index is 13.0. The molecule has 0 atom stereocenters. The first kappa shape index (κ1) is 20.7. The number of aromatic nitrogens is 2. The number of fused-ring (bicyclic) bond motifs is 1. The highest BCUT2D eigenvalue weighted by molar-refractivity contribution is 5.92. The van der Waals surface area contributed by atoms with Crippen molar-refractivity contribution in [1.29, 1.82) is 0 Å². The average Bonchev–Trinajstić information content (AvgIpc) is 2.73. The zero-order valence-corrected chi connectivity index (χ0v) is 17.0. The van der Waals surface area contributed by atoms with Crippen LogP contribution in [0.3, 0.4) is 0 Å². The lowest BCUT2D eigenvalue weighted by molar-refractivity contribution is -0.132. The molecule has 0 bridgehead atoms. The molecule has 1 aliphatic heterocycles. The van der Waals surface area contributed by atoms with E-state index in [0.717, 1.165) is 30.8 Å². The van der Waals surface area contributed by atoms with Crippen molar-refractivity contribution in [1.82, 2.24) is 19.4 Å². The molecule has 8 heteroatoms. The van der Waals surface area contributed by atoms with Gasteiger partial charge in [0.2, 0.25) is 11.8 Å². The van der Waals surface area contributed by atoms with Crippen molar-refractivity contribution < 1.29 is 9.59 Å². The number of rotatable bonds is 2. The van der Waals surface area contributed by atoms with Crippen LogP contribution >= 0.6 is 0 Å². The van der Waals surface area contributed by atoms with Crippen molar-refractivity contribution in [3.63, 3.8) is 0 Å². The molecule has 0 aliphatic carbocycles. The summed E-state index contributed by atoms with van der Waals surface area (Å²) in [6.45, 7) is 4.61. The molecule has 8 nitrogen and oxygen atoms in total. The summed E-state index contributed by atoms with van der Waals surface area (Å²) in [4.78, 5) is 46.6. The van der Waals surface area contributed by atoms with Crippen LogP contribution in [0.1, 0.15) is 18.9 Å². The second-order valence-electron chi connectivity index (χ2n) is 7.30. The van der Waals surface area contributed by atoms with Crippen LogP contribution in [0, 0.1) is 0 Å². The zero-order chi connectivity index (χ0) is 20.8. The van der Waals surface area contributed by atoms with Crippen LogP contribution in [-0.2, 0) is 22.7 Å². The lowest BCUT2D eigenvalue weighted by Gasteiger charge is -2.27. The second-order valence-corrected chi connectivity index (χ2v) is 7.30. The molecule has 0 saturated heterocycles. The Labute approximate surface area is 170 Å². The fourth-order valence-corrected chi connectivity index (χ4v) is 3.51. The lowest BCUT2D eigenvalue weighted by Crippen LogP contribution is -2.40. The topological polar surface area (TPSA) is 78.8 Å². The molecule has 2 amide bonds. The third-order valence-electron chi connectivity index (χ3n) is 5.14. The van der Waals surface area contributed by atoms with Crippen molar-refractivity contribution in [2.24, 2.45) is 0 Å². The van der Waals surface area contributed by atoms with Gasteiger partial charge in [0.05, 0.1) is 0 Å². The predicted molar refractivity (Wildman–Crippen MR) is 110 cm³/mol. The molecule has 0 spiro atoms. The van der Waals surface area contributed by atoms with Crippen LogP contribution in [0.5, 0.6) is 0 Å². The van der Waals surface area contributed by atoms with Crippen molar-refractivity contribution in [2.45, 2.75) is 26.4 Å². The van der Waals surface area contributed by atoms with Crippen LogP contribution in [0.15, 0.2) is 47.5 Å². The fraction of sp³-hybridized carbons (Fsp3) is 0.429. The predicted octanol–water partition coefficient (Wildman–Crippen LogP) is 0.961. The number of likely N-dealkylation sites (N-methyl/N-ethyl adjacent to an activating group) is 1. The first-order chi connectivity index (χ1) is 14.0. The summed E-state index contributed by atoms with van der Waals surface area (Å²) < 4.78 is 1.31. The highest BCUT2D eigenvalue weighted by atomic mass is 16.2. The maximum absolute atomic E-state index is 13.0. The molecule has 1 aliphatic rings. The Morgan fingerprint density at radius 2 is 1.86 bits per heavy atom. The van der Waals surface area contributed by atoms with E-state index in [1.54, 1.807) is 29.0 Å². The van der Waals surface area contributed by atoms with Gasteiger partial charge in [0.25, 0.3) is 0 Å². The lowest BCUT2D eigenvalue weighted by atomic mass is 10.1. The fourth-order valence-electron chi connectivity index (χ4n) is 3.51. The molecule has 0 N–H and O–H groups in total. The van der Waals surface area contributed by atoms with Crippen LogP contribution in [0.25, 0.3) is 0 Å². The van der Waals surface area contributed by atoms with E-state index in [0.29, 0.717) is 19.6 Å². The van der Waals surface area contributed by atoms with Gasteiger partial charge >= 0.3 is 5.69 Å². The Bertz CT molecular complexity index is 926. The second kappa shape index (κ2) is 9.47. The summed E-state index contributed by atoms with van der Waals surface area (Å²) in [5.74, 6) is -0.170. The van der Waals surface area contributed by atoms with Crippen LogP contribution in [0.4, 0.5) is 5.69 Å². The minimum absolute atomic E-state index is 0.0147. The normalized spacial score (nSPS) is 16.1. The summed E-state index contributed by atoms with van der Waals surface area (Å²) in [6, 6.07) is 9.32. The van der Waals surface area contributed by atoms with Gasteiger partial charge in [0, 0.05) is 51.2 Å². The first-order valence-electron chi connectivity index (χ1n) is 9.79. The summed E-state index contributed by atoms with van der Waals surface area (Å²) in [7, 11) is 2.01. The molecule has 3 rings (SSSR count). The number of para-hydroxylation sites is 1. The van der Waals surface area contributed by atoms with Gasteiger partial charge in [-0.05, 0) is 37.7 Å². The number of hydrogen-bond acceptors (Lipinski definition) is 5. The minimum Gasteiger partial charge on any atom is -0.335 e. The van der Waals surface area contributed by atoms with E-state index in [1.807, 2.05) is 31.3 Å². The smallest absolute Gasteiger partial charge is 0.335 e. The minimum atomic E-state index is -0.445. The Morgan fingerprint density at radius 1 is 1.07 bits per heavy atom. The molecular formula is C21H27N5O3. The van der Waals surface area contributed by atoms with Crippen LogP contribution in [0.2, 0.25) is 0 Å². The van der Waals surface area contributed by atoms with E-state index in [9.17, 15) is 14.4 Å². The van der Waals surface area contributed by atoms with E-state index in [-0.39, 0.29) is 18.4 Å². The number of carbonyl (C=O) groups is 2. The molecule has 1 aromatic heterocycles. The van der Waals surface area contributed by atoms with Crippen molar-refractivity contribution >= 4 is 17.5 Å². The van der Waals surface area contributed by atoms with E-state index in [1.165, 1.54) is 10.8 Å². The molecule has 0 unspecified atom stereocenters. The highest BCUT2D eigenvalue weighted by Crippen LogP contribution is 2.23. The van der Waals surface area contributed by atoms with E-state index >= 15 is 0 Å². The number of nitrogens with zero attached hydrogens (tertiary/aromatic N) is 5. The molecule has 29 heavy (non-hydrogen) atoms. The largest absolute Gasteiger partial charge is 0.347 e. The molecular weight excluding hydrogens is 370 g/mol. The summed E-state index contributed by atoms with van der Waals surface area (Å²) in [5, 5.41) is 0. The Morgan fingerprint density at radius 3 is 2.62 bits per heavy atom. The van der Waals surface area contributed by atoms with E-state index < -0.39 is 5.69 Å². The third-order valence-corrected chi connectivity index (χ3v) is 5.14. The maximum Gasteiger partial charge on any atom is 0.347 e. The van der Waals surface area contributed by atoms with Gasteiger partial charge in [0.15, 0.2) is 0 Å². The number of carbonyl (C=O) groups excluding carboxylic acids is 2.